The maximum atomic E-state index is 5.36. The summed E-state index contributed by atoms with van der Waals surface area (Å²) in [6.07, 6.45) is 0. The van der Waals surface area contributed by atoms with Crippen LogP contribution in [0.3, 0.4) is 0 Å². The maximum Gasteiger partial charge on any atom is 0.151 e. The van der Waals surface area contributed by atoms with Gasteiger partial charge in [0.15, 0.2) is 5.76 Å². The van der Waals surface area contributed by atoms with Crippen LogP contribution in [0.4, 0.5) is 0 Å². The average molecular weight is 254 g/mol. The Hall–Kier alpha value is -0.910. The van der Waals surface area contributed by atoms with Crippen LogP contribution in [-0.2, 0) is 13.1 Å². The molecule has 0 saturated carbocycles. The molecular weight excluding hydrogens is 228 g/mol. The summed E-state index contributed by atoms with van der Waals surface area (Å²) >= 11 is 0. The summed E-state index contributed by atoms with van der Waals surface area (Å²) in [6, 6.07) is 2.53. The standard InChI is InChI=1S/C13H26N4O/c1-6-17(11(2)9-16(4)5)10-13-7-12(8-14-3)15-18-13/h7,11,14H,6,8-10H2,1-5H3. The van der Waals surface area contributed by atoms with Crippen molar-refractivity contribution in [2.24, 2.45) is 0 Å². The normalized spacial score (nSPS) is 13.5. The van der Waals surface area contributed by atoms with Gasteiger partial charge in [-0.15, -0.1) is 0 Å². The van der Waals surface area contributed by atoms with Crippen LogP contribution < -0.4 is 5.32 Å². The first-order valence-electron chi connectivity index (χ1n) is 6.54. The van der Waals surface area contributed by atoms with Gasteiger partial charge in [0.1, 0.15) is 0 Å². The Kier molecular flexibility index (Phi) is 6.32. The molecule has 0 amide bonds. The summed E-state index contributed by atoms with van der Waals surface area (Å²) in [4.78, 5) is 4.60. The van der Waals surface area contributed by atoms with Crippen molar-refractivity contribution in [2.45, 2.75) is 33.0 Å². The lowest BCUT2D eigenvalue weighted by Gasteiger charge is -2.28. The molecule has 5 nitrogen and oxygen atoms in total. The van der Waals surface area contributed by atoms with E-state index >= 15 is 0 Å². The van der Waals surface area contributed by atoms with Gasteiger partial charge in [0.2, 0.25) is 0 Å². The number of likely N-dealkylation sites (N-methyl/N-ethyl adjacent to an activating group) is 2. The second-order valence-electron chi connectivity index (χ2n) is 4.99. The van der Waals surface area contributed by atoms with Crippen LogP contribution in [-0.4, -0.2) is 55.2 Å². The lowest BCUT2D eigenvalue weighted by Crippen LogP contribution is -2.39. The second kappa shape index (κ2) is 7.51. The Labute approximate surface area is 110 Å². The molecule has 1 unspecified atom stereocenters. The zero-order valence-electron chi connectivity index (χ0n) is 12.2. The van der Waals surface area contributed by atoms with Gasteiger partial charge in [0.25, 0.3) is 0 Å². The van der Waals surface area contributed by atoms with Gasteiger partial charge in [-0.05, 0) is 34.6 Å². The van der Waals surface area contributed by atoms with Crippen LogP contribution in [0.5, 0.6) is 0 Å². The Morgan fingerprint density at radius 1 is 1.44 bits per heavy atom. The molecule has 1 N–H and O–H groups in total. The third-order valence-electron chi connectivity index (χ3n) is 2.98. The molecule has 104 valence electrons. The number of rotatable bonds is 8. The van der Waals surface area contributed by atoms with Gasteiger partial charge in [-0.1, -0.05) is 12.1 Å². The molecule has 0 aliphatic rings. The summed E-state index contributed by atoms with van der Waals surface area (Å²) in [5, 5.41) is 7.11. The molecule has 0 aliphatic carbocycles. The Morgan fingerprint density at radius 2 is 2.17 bits per heavy atom. The monoisotopic (exact) mass is 254 g/mol. The summed E-state index contributed by atoms with van der Waals surface area (Å²) < 4.78 is 5.36. The number of nitrogens with zero attached hydrogens (tertiary/aromatic N) is 3. The van der Waals surface area contributed by atoms with Crippen LogP contribution >= 0.6 is 0 Å². The van der Waals surface area contributed by atoms with Crippen molar-refractivity contribution >= 4 is 0 Å². The first-order chi connectivity index (χ1) is 8.56. The highest BCUT2D eigenvalue weighted by molar-refractivity contribution is 5.05. The predicted octanol–water partition coefficient (Wildman–Crippen LogP) is 1.17. The first-order valence-corrected chi connectivity index (χ1v) is 6.54. The maximum absolute atomic E-state index is 5.36. The van der Waals surface area contributed by atoms with Gasteiger partial charge >= 0.3 is 0 Å². The molecule has 0 fully saturated rings. The number of hydrogen-bond donors (Lipinski definition) is 1. The molecular formula is C13H26N4O. The quantitative estimate of drug-likeness (QED) is 0.754. The van der Waals surface area contributed by atoms with E-state index in [4.69, 9.17) is 4.52 Å². The van der Waals surface area contributed by atoms with Crippen LogP contribution in [0, 0.1) is 0 Å². The van der Waals surface area contributed by atoms with E-state index in [-0.39, 0.29) is 0 Å². The van der Waals surface area contributed by atoms with Crippen LogP contribution in [0.25, 0.3) is 0 Å². The highest BCUT2D eigenvalue weighted by Crippen LogP contribution is 2.10. The minimum atomic E-state index is 0.503. The van der Waals surface area contributed by atoms with E-state index in [9.17, 15) is 0 Å². The Balaban J connectivity index is 2.55. The molecule has 18 heavy (non-hydrogen) atoms. The highest BCUT2D eigenvalue weighted by Gasteiger charge is 2.15. The zero-order valence-corrected chi connectivity index (χ0v) is 12.2. The summed E-state index contributed by atoms with van der Waals surface area (Å²) in [5.74, 6) is 0.938. The number of hydrogen-bond acceptors (Lipinski definition) is 5. The first kappa shape index (κ1) is 15.1. The van der Waals surface area contributed by atoms with Gasteiger partial charge in [0, 0.05) is 25.2 Å². The van der Waals surface area contributed by atoms with Crippen molar-refractivity contribution < 1.29 is 4.52 Å². The molecule has 1 atom stereocenters. The summed E-state index contributed by atoms with van der Waals surface area (Å²) in [7, 11) is 6.11. The Morgan fingerprint density at radius 3 is 2.72 bits per heavy atom. The van der Waals surface area contributed by atoms with E-state index < -0.39 is 0 Å². The van der Waals surface area contributed by atoms with E-state index in [0.717, 1.165) is 37.6 Å². The van der Waals surface area contributed by atoms with Crippen molar-refractivity contribution in [1.29, 1.82) is 0 Å². The molecule has 1 aromatic rings. The molecule has 0 spiro atoms. The van der Waals surface area contributed by atoms with E-state index in [2.05, 4.69) is 48.2 Å². The highest BCUT2D eigenvalue weighted by atomic mass is 16.5. The van der Waals surface area contributed by atoms with E-state index in [1.807, 2.05) is 13.1 Å². The molecule has 0 saturated heterocycles. The van der Waals surface area contributed by atoms with Gasteiger partial charge in [-0.3, -0.25) is 4.90 Å². The molecule has 1 aromatic heterocycles. The van der Waals surface area contributed by atoms with Crippen LogP contribution in [0.1, 0.15) is 25.3 Å². The largest absolute Gasteiger partial charge is 0.360 e. The molecule has 0 radical (unpaired) electrons. The fourth-order valence-corrected chi connectivity index (χ4v) is 2.12. The van der Waals surface area contributed by atoms with Crippen molar-refractivity contribution in [2.75, 3.05) is 34.2 Å². The van der Waals surface area contributed by atoms with Crippen LogP contribution in [0.15, 0.2) is 10.6 Å². The van der Waals surface area contributed by atoms with Crippen molar-refractivity contribution in [3.63, 3.8) is 0 Å². The number of nitrogens with one attached hydrogen (secondary N) is 1. The zero-order chi connectivity index (χ0) is 13.5. The molecule has 5 heteroatoms. The minimum Gasteiger partial charge on any atom is -0.360 e. The van der Waals surface area contributed by atoms with E-state index in [0.29, 0.717) is 6.04 Å². The molecule has 0 bridgehead atoms. The lowest BCUT2D eigenvalue weighted by molar-refractivity contribution is 0.158. The summed E-state index contributed by atoms with van der Waals surface area (Å²) in [6.45, 7) is 8.05. The second-order valence-corrected chi connectivity index (χ2v) is 4.99. The fraction of sp³-hybridized carbons (Fsp3) is 0.769. The predicted molar refractivity (Wildman–Crippen MR) is 73.4 cm³/mol. The average Bonchev–Trinajstić information content (AvgIpc) is 2.73. The SMILES string of the molecule is CCN(Cc1cc(CNC)no1)C(C)CN(C)C. The van der Waals surface area contributed by atoms with Crippen molar-refractivity contribution in [3.8, 4) is 0 Å². The van der Waals surface area contributed by atoms with Gasteiger partial charge < -0.3 is 14.7 Å². The molecule has 0 aromatic carbocycles. The smallest absolute Gasteiger partial charge is 0.151 e. The van der Waals surface area contributed by atoms with Crippen LogP contribution in [0.2, 0.25) is 0 Å². The molecule has 1 heterocycles. The van der Waals surface area contributed by atoms with Gasteiger partial charge in [0.05, 0.1) is 12.2 Å². The van der Waals surface area contributed by atoms with E-state index in [1.54, 1.807) is 0 Å². The third-order valence-corrected chi connectivity index (χ3v) is 2.98. The molecule has 1 rings (SSSR count). The third kappa shape index (κ3) is 4.76. The topological polar surface area (TPSA) is 44.5 Å². The Bertz CT molecular complexity index is 337. The minimum absolute atomic E-state index is 0.503. The number of aromatic nitrogens is 1. The fourth-order valence-electron chi connectivity index (χ4n) is 2.12. The van der Waals surface area contributed by atoms with Gasteiger partial charge in [-0.2, -0.15) is 0 Å². The lowest BCUT2D eigenvalue weighted by atomic mass is 10.2. The molecule has 0 aliphatic heterocycles. The van der Waals surface area contributed by atoms with Crippen molar-refractivity contribution in [3.05, 3.63) is 17.5 Å². The van der Waals surface area contributed by atoms with Gasteiger partial charge in [-0.25, -0.2) is 0 Å². The van der Waals surface area contributed by atoms with E-state index in [1.165, 1.54) is 0 Å². The van der Waals surface area contributed by atoms with Crippen molar-refractivity contribution in [1.82, 2.24) is 20.3 Å². The summed E-state index contributed by atoms with van der Waals surface area (Å²) in [5.41, 5.74) is 0.962.